The van der Waals surface area contributed by atoms with E-state index in [4.69, 9.17) is 0 Å². The molecule has 192 valence electrons. The van der Waals surface area contributed by atoms with Crippen LogP contribution < -0.4 is 0 Å². The fraction of sp³-hybridized carbons (Fsp3) is 0.529. The molecule has 0 aromatic heterocycles. The Kier molecular flexibility index (Phi) is 15.9. The topological polar surface area (TPSA) is 0 Å². The number of hydrogen-bond donors (Lipinski definition) is 0. The minimum Gasteiger partial charge on any atom is -0.264 e. The van der Waals surface area contributed by atoms with E-state index in [1.165, 1.54) is 101 Å². The summed E-state index contributed by atoms with van der Waals surface area (Å²) in [6, 6.07) is 22.1. The number of rotatable bonds is 20. The van der Waals surface area contributed by atoms with E-state index in [9.17, 15) is 0 Å². The van der Waals surface area contributed by atoms with Gasteiger partial charge in [0.05, 0.1) is 12.4 Å². The molecule has 0 aliphatic heterocycles. The van der Waals surface area contributed by atoms with E-state index >= 15 is 0 Å². The van der Waals surface area contributed by atoms with Gasteiger partial charge in [0.1, 0.15) is 13.1 Å². The van der Waals surface area contributed by atoms with Crippen molar-refractivity contribution in [1.29, 1.82) is 0 Å². The lowest BCUT2D eigenvalue weighted by molar-refractivity contribution is -0.856. The first-order valence-electron chi connectivity index (χ1n) is 14.6. The van der Waals surface area contributed by atoms with Gasteiger partial charge in [0.25, 0.3) is 0 Å². The molecule has 0 radical (unpaired) electrons. The number of unbranched alkanes of at least 4 members (excludes halogenated alkanes) is 12. The first kappa shape index (κ1) is 29.1. The van der Waals surface area contributed by atoms with Crippen molar-refractivity contribution in [2.75, 3.05) is 0 Å². The van der Waals surface area contributed by atoms with Crippen LogP contribution in [0, 0.1) is 0 Å². The van der Waals surface area contributed by atoms with Gasteiger partial charge in [-0.1, -0.05) is 139 Å². The molecule has 0 saturated heterocycles. The van der Waals surface area contributed by atoms with Crippen LogP contribution in [0.2, 0.25) is 0 Å². The molecule has 0 fully saturated rings. The van der Waals surface area contributed by atoms with Crippen LogP contribution >= 0.6 is 0 Å². The summed E-state index contributed by atoms with van der Waals surface area (Å²) in [5.74, 6) is 0. The van der Waals surface area contributed by atoms with Gasteiger partial charge in [-0.05, 0) is 37.8 Å². The second-order valence-electron chi connectivity index (χ2n) is 10.3. The summed E-state index contributed by atoms with van der Waals surface area (Å²) in [4.78, 5) is 0. The highest BCUT2D eigenvalue weighted by molar-refractivity contribution is 5.16. The number of allylic oxidation sites excluding steroid dienone is 2. The van der Waals surface area contributed by atoms with Crippen LogP contribution in [0.5, 0.6) is 0 Å². The molecule has 0 aliphatic carbocycles. The van der Waals surface area contributed by atoms with Crippen molar-refractivity contribution in [3.8, 4) is 0 Å². The third-order valence-corrected chi connectivity index (χ3v) is 6.89. The van der Waals surface area contributed by atoms with Crippen molar-refractivity contribution in [2.45, 2.75) is 117 Å². The Morgan fingerprint density at radius 2 is 0.857 bits per heavy atom. The largest absolute Gasteiger partial charge is 0.264 e. The highest BCUT2D eigenvalue weighted by atomic mass is 15.3. The van der Waals surface area contributed by atoms with Crippen LogP contribution in [0.15, 0.2) is 85.2 Å². The minimum absolute atomic E-state index is 0.861. The molecule has 0 spiro atoms. The molecule has 1 heteroatoms. The number of benzene rings is 2. The van der Waals surface area contributed by atoms with Crippen molar-refractivity contribution in [3.63, 3.8) is 0 Å². The monoisotopic (exact) mass is 474 g/mol. The quantitative estimate of drug-likeness (QED) is 0.132. The molecule has 2 rings (SSSR count). The normalized spacial score (nSPS) is 12.2. The van der Waals surface area contributed by atoms with Gasteiger partial charge in [-0.15, -0.1) is 0 Å². The van der Waals surface area contributed by atoms with E-state index in [1.807, 2.05) is 0 Å². The molecule has 1 nitrogen and oxygen atoms in total. The van der Waals surface area contributed by atoms with E-state index in [1.54, 1.807) is 0 Å². The highest BCUT2D eigenvalue weighted by Gasteiger charge is 2.23. The first-order chi connectivity index (χ1) is 17.3. The van der Waals surface area contributed by atoms with Gasteiger partial charge in [-0.2, -0.15) is 0 Å². The third-order valence-electron chi connectivity index (χ3n) is 6.89. The molecule has 0 N–H and O–H groups in total. The molecule has 2 aromatic rings. The van der Waals surface area contributed by atoms with Crippen molar-refractivity contribution in [3.05, 3.63) is 96.3 Å². The van der Waals surface area contributed by atoms with E-state index in [2.05, 4.69) is 99.1 Å². The molecule has 2 aromatic carbocycles. The predicted molar refractivity (Wildman–Crippen MR) is 155 cm³/mol. The average Bonchev–Trinajstić information content (AvgIpc) is 2.88. The van der Waals surface area contributed by atoms with Gasteiger partial charge in [0.15, 0.2) is 0 Å². The molecule has 0 heterocycles. The highest BCUT2D eigenvalue weighted by Crippen LogP contribution is 2.23. The summed E-state index contributed by atoms with van der Waals surface area (Å²) >= 11 is 0. The third kappa shape index (κ3) is 13.5. The summed E-state index contributed by atoms with van der Waals surface area (Å²) in [6.07, 6.45) is 28.5. The second-order valence-corrected chi connectivity index (χ2v) is 10.3. The Morgan fingerprint density at radius 3 is 1.26 bits per heavy atom. The molecule has 0 aliphatic rings. The predicted octanol–water partition coefficient (Wildman–Crippen LogP) is 10.7. The first-order valence-corrected chi connectivity index (χ1v) is 14.6. The summed E-state index contributed by atoms with van der Waals surface area (Å²) in [5, 5.41) is 0. The molecule has 0 bridgehead atoms. The Morgan fingerprint density at radius 1 is 0.486 bits per heavy atom. The lowest BCUT2D eigenvalue weighted by Crippen LogP contribution is -2.35. The Labute approximate surface area is 217 Å². The van der Waals surface area contributed by atoms with E-state index in [0.29, 0.717) is 0 Å². The van der Waals surface area contributed by atoms with E-state index in [-0.39, 0.29) is 0 Å². The Hall–Kier alpha value is -2.12. The van der Waals surface area contributed by atoms with Gasteiger partial charge in [-0.25, -0.2) is 0 Å². The molecule has 0 unspecified atom stereocenters. The van der Waals surface area contributed by atoms with Crippen molar-refractivity contribution in [1.82, 2.24) is 0 Å². The summed E-state index contributed by atoms with van der Waals surface area (Å²) < 4.78 is 0.861. The van der Waals surface area contributed by atoms with Gasteiger partial charge in [0.2, 0.25) is 0 Å². The second kappa shape index (κ2) is 19.1. The SMILES string of the molecule is CCCCCCCC/C=C\[N+](/C=C/CCCCCCCC)(Cc1ccccc1)Cc1ccccc1. The maximum Gasteiger partial charge on any atom is 0.113 e. The fourth-order valence-corrected chi connectivity index (χ4v) is 4.82. The zero-order valence-electron chi connectivity index (χ0n) is 22.8. The molecular formula is C34H52N+. The van der Waals surface area contributed by atoms with Gasteiger partial charge < -0.3 is 0 Å². The lowest BCUT2D eigenvalue weighted by atomic mass is 10.1. The molecule has 0 atom stereocenters. The van der Waals surface area contributed by atoms with E-state index < -0.39 is 0 Å². The van der Waals surface area contributed by atoms with Gasteiger partial charge in [-0.3, -0.25) is 4.48 Å². The Balaban J connectivity index is 2.09. The van der Waals surface area contributed by atoms with E-state index in [0.717, 1.165) is 17.6 Å². The molecule has 0 amide bonds. The molecular weight excluding hydrogens is 422 g/mol. The molecule has 0 saturated carbocycles. The van der Waals surface area contributed by atoms with Gasteiger partial charge in [0, 0.05) is 11.1 Å². The van der Waals surface area contributed by atoms with Crippen LogP contribution in [-0.2, 0) is 13.1 Å². The summed E-state index contributed by atoms with van der Waals surface area (Å²) in [5.41, 5.74) is 2.80. The molecule has 35 heavy (non-hydrogen) atoms. The number of nitrogens with zero attached hydrogens (tertiary/aromatic N) is 1. The lowest BCUT2D eigenvalue weighted by Gasteiger charge is -2.31. The van der Waals surface area contributed by atoms with Crippen LogP contribution in [-0.4, -0.2) is 4.48 Å². The van der Waals surface area contributed by atoms with Crippen LogP contribution in [0.4, 0.5) is 0 Å². The minimum atomic E-state index is 0.861. The summed E-state index contributed by atoms with van der Waals surface area (Å²) in [7, 11) is 0. The standard InChI is InChI=1S/C34H52N/c1-3-5-7-9-11-13-15-23-29-35(31-33-25-19-17-20-26-33,32-34-27-21-18-22-28-34)30-24-16-14-12-10-8-6-4-2/h17-30H,3-16,31-32H2,1-2H3/q+1/b29-23-,30-24+. The summed E-state index contributed by atoms with van der Waals surface area (Å²) in [6.45, 7) is 6.57. The average molecular weight is 475 g/mol. The fourth-order valence-electron chi connectivity index (χ4n) is 4.82. The maximum atomic E-state index is 2.49. The van der Waals surface area contributed by atoms with Crippen LogP contribution in [0.1, 0.15) is 115 Å². The van der Waals surface area contributed by atoms with Crippen LogP contribution in [0.25, 0.3) is 0 Å². The zero-order chi connectivity index (χ0) is 24.9. The Bertz CT molecular complexity index is 720. The number of hydrogen-bond acceptors (Lipinski definition) is 0. The number of quaternary nitrogens is 1. The smallest absolute Gasteiger partial charge is 0.113 e. The van der Waals surface area contributed by atoms with Crippen molar-refractivity contribution >= 4 is 0 Å². The van der Waals surface area contributed by atoms with Gasteiger partial charge >= 0.3 is 0 Å². The van der Waals surface area contributed by atoms with Crippen molar-refractivity contribution in [2.24, 2.45) is 0 Å². The maximum absolute atomic E-state index is 2.49. The van der Waals surface area contributed by atoms with Crippen molar-refractivity contribution < 1.29 is 4.48 Å². The zero-order valence-corrected chi connectivity index (χ0v) is 22.8. The van der Waals surface area contributed by atoms with Crippen LogP contribution in [0.3, 0.4) is 0 Å².